The van der Waals surface area contributed by atoms with Gasteiger partial charge < -0.3 is 10.2 Å². The highest BCUT2D eigenvalue weighted by Gasteiger charge is 2.20. The number of hydrogen-bond acceptors (Lipinski definition) is 3. The maximum Gasteiger partial charge on any atom is 0.233 e. The first-order valence-electron chi connectivity index (χ1n) is 6.05. The largest absolute Gasteiger partial charge is 0.339 e. The molecule has 1 aromatic rings. The smallest absolute Gasteiger partial charge is 0.233 e. The molecule has 0 aliphatic carbocycles. The van der Waals surface area contributed by atoms with E-state index in [2.05, 4.69) is 12.2 Å². The molecule has 106 valence electrons. The number of hydrogen-bond donors (Lipinski definition) is 1. The summed E-state index contributed by atoms with van der Waals surface area (Å²) in [6, 6.07) is 8.01. The lowest BCUT2D eigenvalue weighted by molar-refractivity contribution is -0.129. The van der Waals surface area contributed by atoms with Gasteiger partial charge in [-0.2, -0.15) is 0 Å². The first kappa shape index (κ1) is 16.6. The summed E-state index contributed by atoms with van der Waals surface area (Å²) in [6.45, 7) is 4.57. The molecule has 1 heterocycles. The van der Waals surface area contributed by atoms with E-state index in [9.17, 15) is 4.79 Å². The predicted octanol–water partition coefficient (Wildman–Crippen LogP) is 2.67. The number of amides is 1. The number of carbonyl (C=O) groups excluding carboxylic acids is 1. The van der Waals surface area contributed by atoms with Crippen LogP contribution < -0.4 is 5.32 Å². The molecule has 19 heavy (non-hydrogen) atoms. The van der Waals surface area contributed by atoms with Gasteiger partial charge in [0, 0.05) is 30.6 Å². The Morgan fingerprint density at radius 3 is 2.95 bits per heavy atom. The fourth-order valence-electron chi connectivity index (χ4n) is 1.95. The van der Waals surface area contributed by atoms with E-state index in [-0.39, 0.29) is 18.3 Å². The molecule has 1 N–H and O–H groups in total. The number of piperazine rings is 1. The number of rotatable bonds is 3. The van der Waals surface area contributed by atoms with Gasteiger partial charge in [0.25, 0.3) is 0 Å². The minimum absolute atomic E-state index is 0. The molecular formula is C13H18Cl2N2OS. The lowest BCUT2D eigenvalue weighted by Crippen LogP contribution is -2.51. The summed E-state index contributed by atoms with van der Waals surface area (Å²) in [6.07, 6.45) is 0. The van der Waals surface area contributed by atoms with Gasteiger partial charge >= 0.3 is 0 Å². The zero-order valence-electron chi connectivity index (χ0n) is 10.8. The molecule has 0 bridgehead atoms. The molecule has 0 saturated carbocycles. The molecular weight excluding hydrogens is 303 g/mol. The van der Waals surface area contributed by atoms with E-state index in [1.54, 1.807) is 0 Å². The molecule has 1 aliphatic rings. The third-order valence-corrected chi connectivity index (χ3v) is 4.41. The van der Waals surface area contributed by atoms with E-state index in [0.717, 1.165) is 24.5 Å². The fourth-order valence-corrected chi connectivity index (χ4v) is 3.09. The number of nitrogens with zero attached hydrogens (tertiary/aromatic N) is 1. The van der Waals surface area contributed by atoms with Crippen LogP contribution in [0, 0.1) is 0 Å². The van der Waals surface area contributed by atoms with Gasteiger partial charge in [0.05, 0.1) is 10.8 Å². The van der Waals surface area contributed by atoms with Gasteiger partial charge in [0.15, 0.2) is 0 Å². The van der Waals surface area contributed by atoms with Gasteiger partial charge in [-0.1, -0.05) is 23.7 Å². The summed E-state index contributed by atoms with van der Waals surface area (Å²) in [4.78, 5) is 15.0. The maximum absolute atomic E-state index is 12.1. The highest BCUT2D eigenvalue weighted by molar-refractivity contribution is 8.00. The van der Waals surface area contributed by atoms with Crippen molar-refractivity contribution in [1.29, 1.82) is 0 Å². The van der Waals surface area contributed by atoms with Crippen molar-refractivity contribution in [3.63, 3.8) is 0 Å². The Kier molecular flexibility index (Phi) is 7.00. The molecule has 1 fully saturated rings. The van der Waals surface area contributed by atoms with E-state index in [4.69, 9.17) is 11.6 Å². The standard InChI is InChI=1S/C13H17ClN2OS.ClH/c1-10-8-16(7-6-15-10)13(17)9-18-12-5-3-2-4-11(12)14;/h2-5,10,15H,6-9H2,1H3;1H. The highest BCUT2D eigenvalue weighted by atomic mass is 35.5. The van der Waals surface area contributed by atoms with Crippen molar-refractivity contribution in [2.24, 2.45) is 0 Å². The Morgan fingerprint density at radius 2 is 2.26 bits per heavy atom. The normalized spacial score (nSPS) is 18.8. The zero-order valence-corrected chi connectivity index (χ0v) is 13.2. The SMILES string of the molecule is CC1CN(C(=O)CSc2ccccc2Cl)CCN1.Cl. The van der Waals surface area contributed by atoms with E-state index in [1.807, 2.05) is 29.2 Å². The number of thioether (sulfide) groups is 1. The van der Waals surface area contributed by atoms with E-state index in [1.165, 1.54) is 11.8 Å². The molecule has 0 aromatic heterocycles. The van der Waals surface area contributed by atoms with Crippen molar-refractivity contribution in [2.45, 2.75) is 17.9 Å². The van der Waals surface area contributed by atoms with Crippen LogP contribution in [0.4, 0.5) is 0 Å². The van der Waals surface area contributed by atoms with Crippen LogP contribution in [-0.2, 0) is 4.79 Å². The molecule has 2 rings (SSSR count). The predicted molar refractivity (Wildman–Crippen MR) is 83.5 cm³/mol. The Balaban J connectivity index is 0.00000180. The van der Waals surface area contributed by atoms with Gasteiger partial charge in [0.1, 0.15) is 0 Å². The van der Waals surface area contributed by atoms with E-state index >= 15 is 0 Å². The molecule has 0 radical (unpaired) electrons. The summed E-state index contributed by atoms with van der Waals surface area (Å²) in [5.74, 6) is 0.643. The van der Waals surface area contributed by atoms with Gasteiger partial charge in [-0.25, -0.2) is 0 Å². The summed E-state index contributed by atoms with van der Waals surface area (Å²) < 4.78 is 0. The van der Waals surface area contributed by atoms with Crippen LogP contribution in [0.2, 0.25) is 5.02 Å². The lowest BCUT2D eigenvalue weighted by Gasteiger charge is -2.31. The van der Waals surface area contributed by atoms with Gasteiger partial charge in [-0.3, -0.25) is 4.79 Å². The van der Waals surface area contributed by atoms with Crippen molar-refractivity contribution in [2.75, 3.05) is 25.4 Å². The minimum atomic E-state index is 0. The fraction of sp³-hybridized carbons (Fsp3) is 0.462. The number of halogens is 2. The monoisotopic (exact) mass is 320 g/mol. The average Bonchev–Trinajstić information content (AvgIpc) is 2.37. The maximum atomic E-state index is 12.1. The Labute approximate surface area is 129 Å². The first-order chi connectivity index (χ1) is 8.66. The van der Waals surface area contributed by atoms with Gasteiger partial charge in [-0.15, -0.1) is 24.2 Å². The molecule has 1 amide bonds. The average molecular weight is 321 g/mol. The zero-order chi connectivity index (χ0) is 13.0. The number of carbonyl (C=O) groups is 1. The summed E-state index contributed by atoms with van der Waals surface area (Å²) in [7, 11) is 0. The van der Waals surface area contributed by atoms with E-state index in [0.29, 0.717) is 16.8 Å². The summed E-state index contributed by atoms with van der Waals surface area (Å²) in [5, 5.41) is 4.04. The van der Waals surface area contributed by atoms with Crippen molar-refractivity contribution in [3.05, 3.63) is 29.3 Å². The third-order valence-electron chi connectivity index (χ3n) is 2.91. The highest BCUT2D eigenvalue weighted by Crippen LogP contribution is 2.26. The number of benzene rings is 1. The molecule has 1 unspecified atom stereocenters. The lowest BCUT2D eigenvalue weighted by atomic mass is 10.2. The van der Waals surface area contributed by atoms with Crippen LogP contribution in [-0.4, -0.2) is 42.2 Å². The van der Waals surface area contributed by atoms with Crippen LogP contribution in [0.5, 0.6) is 0 Å². The summed E-state index contributed by atoms with van der Waals surface area (Å²) >= 11 is 7.57. The molecule has 1 aromatic carbocycles. The van der Waals surface area contributed by atoms with Crippen LogP contribution in [0.15, 0.2) is 29.2 Å². The first-order valence-corrected chi connectivity index (χ1v) is 7.41. The second-order valence-corrected chi connectivity index (χ2v) is 5.84. The van der Waals surface area contributed by atoms with Crippen molar-refractivity contribution in [1.82, 2.24) is 10.2 Å². The Hall–Kier alpha value is -0.420. The molecule has 6 heteroatoms. The van der Waals surface area contributed by atoms with Gasteiger partial charge in [-0.05, 0) is 19.1 Å². The Bertz CT molecular complexity index is 431. The van der Waals surface area contributed by atoms with Crippen LogP contribution >= 0.6 is 35.8 Å². The van der Waals surface area contributed by atoms with Crippen molar-refractivity contribution in [3.8, 4) is 0 Å². The third kappa shape index (κ3) is 4.88. The minimum Gasteiger partial charge on any atom is -0.339 e. The van der Waals surface area contributed by atoms with Gasteiger partial charge in [0.2, 0.25) is 5.91 Å². The molecule has 1 saturated heterocycles. The summed E-state index contributed by atoms with van der Waals surface area (Å²) in [5.41, 5.74) is 0. The molecule has 3 nitrogen and oxygen atoms in total. The van der Waals surface area contributed by atoms with Crippen LogP contribution in [0.3, 0.4) is 0 Å². The second kappa shape index (κ2) is 8.00. The van der Waals surface area contributed by atoms with Crippen molar-refractivity contribution >= 4 is 41.7 Å². The Morgan fingerprint density at radius 1 is 1.53 bits per heavy atom. The molecule has 0 spiro atoms. The topological polar surface area (TPSA) is 32.3 Å². The quantitative estimate of drug-likeness (QED) is 0.869. The second-order valence-electron chi connectivity index (χ2n) is 4.41. The number of nitrogens with one attached hydrogen (secondary N) is 1. The van der Waals surface area contributed by atoms with Crippen LogP contribution in [0.25, 0.3) is 0 Å². The molecule has 1 aliphatic heterocycles. The van der Waals surface area contributed by atoms with Crippen molar-refractivity contribution < 1.29 is 4.79 Å². The molecule has 1 atom stereocenters. The van der Waals surface area contributed by atoms with Crippen LogP contribution in [0.1, 0.15) is 6.92 Å². The van der Waals surface area contributed by atoms with E-state index < -0.39 is 0 Å².